The van der Waals surface area contributed by atoms with Gasteiger partial charge in [0.25, 0.3) is 0 Å². The van der Waals surface area contributed by atoms with E-state index in [1.165, 1.54) is 0 Å². The SMILES string of the molecule is NC(CCl)=Nc1ccc(-c2noc(=O)[nH]2)cc1. The molecule has 0 aliphatic rings. The summed E-state index contributed by atoms with van der Waals surface area (Å²) in [6, 6.07) is 6.96. The van der Waals surface area contributed by atoms with Crippen LogP contribution in [0.1, 0.15) is 0 Å². The third kappa shape index (κ3) is 2.73. The lowest BCUT2D eigenvalue weighted by Gasteiger charge is -1.98. The highest BCUT2D eigenvalue weighted by Gasteiger charge is 2.03. The van der Waals surface area contributed by atoms with Gasteiger partial charge in [0.1, 0.15) is 5.84 Å². The Morgan fingerprint density at radius 1 is 1.47 bits per heavy atom. The van der Waals surface area contributed by atoms with Crippen LogP contribution < -0.4 is 11.5 Å². The van der Waals surface area contributed by atoms with Gasteiger partial charge in [-0.15, -0.1) is 11.6 Å². The van der Waals surface area contributed by atoms with Crippen molar-refractivity contribution in [3.8, 4) is 11.4 Å². The number of nitrogens with one attached hydrogen (secondary N) is 1. The average molecular weight is 253 g/mol. The van der Waals surface area contributed by atoms with Gasteiger partial charge in [-0.25, -0.2) is 9.79 Å². The number of hydrogen-bond donors (Lipinski definition) is 2. The molecule has 0 fully saturated rings. The maximum Gasteiger partial charge on any atom is 0.439 e. The lowest BCUT2D eigenvalue weighted by atomic mass is 10.2. The fraction of sp³-hybridized carbons (Fsp3) is 0.100. The Hall–Kier alpha value is -2.08. The molecule has 1 heterocycles. The Morgan fingerprint density at radius 3 is 2.71 bits per heavy atom. The summed E-state index contributed by atoms with van der Waals surface area (Å²) in [4.78, 5) is 17.3. The van der Waals surface area contributed by atoms with Crippen LogP contribution in [0.15, 0.2) is 38.6 Å². The zero-order valence-electron chi connectivity index (χ0n) is 8.68. The van der Waals surface area contributed by atoms with Gasteiger partial charge >= 0.3 is 5.76 Å². The lowest BCUT2D eigenvalue weighted by molar-refractivity contribution is 0.388. The summed E-state index contributed by atoms with van der Waals surface area (Å²) in [5, 5.41) is 3.57. The quantitative estimate of drug-likeness (QED) is 0.488. The van der Waals surface area contributed by atoms with Crippen molar-refractivity contribution in [1.29, 1.82) is 0 Å². The minimum Gasteiger partial charge on any atom is -0.386 e. The molecule has 3 N–H and O–H groups in total. The molecule has 0 saturated carbocycles. The van der Waals surface area contributed by atoms with Gasteiger partial charge in [0.15, 0.2) is 5.82 Å². The zero-order chi connectivity index (χ0) is 12.3. The molecular weight excluding hydrogens is 244 g/mol. The minimum absolute atomic E-state index is 0.179. The summed E-state index contributed by atoms with van der Waals surface area (Å²) in [6.07, 6.45) is 0. The van der Waals surface area contributed by atoms with Crippen molar-refractivity contribution in [2.45, 2.75) is 0 Å². The Bertz CT molecular complexity index is 585. The molecule has 6 nitrogen and oxygen atoms in total. The van der Waals surface area contributed by atoms with E-state index in [1.54, 1.807) is 24.3 Å². The van der Waals surface area contributed by atoms with E-state index in [4.69, 9.17) is 17.3 Å². The van der Waals surface area contributed by atoms with Crippen LogP contribution >= 0.6 is 11.6 Å². The number of halogens is 1. The summed E-state index contributed by atoms with van der Waals surface area (Å²) in [6.45, 7) is 0. The molecule has 0 amide bonds. The number of nitrogens with zero attached hydrogens (tertiary/aromatic N) is 2. The second-order valence-electron chi connectivity index (χ2n) is 3.23. The minimum atomic E-state index is -0.589. The molecule has 2 aromatic rings. The van der Waals surface area contributed by atoms with E-state index in [-0.39, 0.29) is 5.88 Å². The van der Waals surface area contributed by atoms with Crippen LogP contribution in [0.4, 0.5) is 5.69 Å². The van der Waals surface area contributed by atoms with Gasteiger partial charge in [0.2, 0.25) is 0 Å². The molecule has 0 spiro atoms. The molecule has 2 rings (SSSR count). The highest BCUT2D eigenvalue weighted by molar-refractivity contribution is 6.28. The van der Waals surface area contributed by atoms with Crippen LogP contribution in [0.3, 0.4) is 0 Å². The summed E-state index contributed by atoms with van der Waals surface area (Å²) in [7, 11) is 0. The Morgan fingerprint density at radius 2 is 2.18 bits per heavy atom. The smallest absolute Gasteiger partial charge is 0.386 e. The number of nitrogens with two attached hydrogens (primary N) is 1. The first-order valence-corrected chi connectivity index (χ1v) is 5.28. The van der Waals surface area contributed by atoms with E-state index < -0.39 is 5.76 Å². The van der Waals surface area contributed by atoms with Crippen LogP contribution in [0.5, 0.6) is 0 Å². The molecule has 1 aromatic heterocycles. The number of aromatic amines is 1. The Balaban J connectivity index is 2.27. The number of rotatable bonds is 3. The van der Waals surface area contributed by atoms with Crippen molar-refractivity contribution in [2.24, 2.45) is 10.7 Å². The van der Waals surface area contributed by atoms with Crippen LogP contribution in [0.2, 0.25) is 0 Å². The number of aromatic nitrogens is 2. The maximum absolute atomic E-state index is 10.8. The first-order chi connectivity index (χ1) is 8.19. The van der Waals surface area contributed by atoms with Crippen molar-refractivity contribution < 1.29 is 4.52 Å². The standard InChI is InChI=1S/C10H9ClN4O2/c11-5-8(12)13-7-3-1-6(2-4-7)9-14-10(16)17-15-9/h1-4H,5H2,(H2,12,13)(H,14,15,16). The van der Waals surface area contributed by atoms with E-state index in [2.05, 4.69) is 19.7 Å². The summed E-state index contributed by atoms with van der Waals surface area (Å²) in [5.41, 5.74) is 6.90. The average Bonchev–Trinajstić information content (AvgIpc) is 2.77. The van der Waals surface area contributed by atoms with E-state index in [0.717, 1.165) is 5.56 Å². The number of H-pyrrole nitrogens is 1. The number of amidine groups is 1. The molecule has 0 aliphatic carbocycles. The second-order valence-corrected chi connectivity index (χ2v) is 3.49. The van der Waals surface area contributed by atoms with Crippen LogP contribution in [0.25, 0.3) is 11.4 Å². The Kier molecular flexibility index (Phi) is 3.24. The summed E-state index contributed by atoms with van der Waals surface area (Å²) in [5.74, 6) is 0.303. The number of benzene rings is 1. The molecule has 0 unspecified atom stereocenters. The number of alkyl halides is 1. The second kappa shape index (κ2) is 4.84. The first-order valence-electron chi connectivity index (χ1n) is 4.74. The predicted octanol–water partition coefficient (Wildman–Crippen LogP) is 1.26. The first kappa shape index (κ1) is 11.4. The van der Waals surface area contributed by atoms with Crippen molar-refractivity contribution in [3.05, 3.63) is 34.8 Å². The number of aliphatic imine (C=N–C) groups is 1. The van der Waals surface area contributed by atoms with Gasteiger partial charge in [-0.05, 0) is 24.3 Å². The molecule has 88 valence electrons. The highest BCUT2D eigenvalue weighted by Crippen LogP contribution is 2.18. The summed E-state index contributed by atoms with van der Waals surface area (Å²) < 4.78 is 4.40. The van der Waals surface area contributed by atoms with Crippen molar-refractivity contribution >= 4 is 23.1 Å². The van der Waals surface area contributed by atoms with Gasteiger partial charge in [-0.1, -0.05) is 5.16 Å². The van der Waals surface area contributed by atoms with Gasteiger partial charge in [-0.3, -0.25) is 9.51 Å². The molecule has 17 heavy (non-hydrogen) atoms. The van der Waals surface area contributed by atoms with E-state index in [9.17, 15) is 4.79 Å². The maximum atomic E-state index is 10.8. The Labute approximate surface area is 101 Å². The lowest BCUT2D eigenvalue weighted by Crippen LogP contribution is -2.12. The molecule has 7 heteroatoms. The van der Waals surface area contributed by atoms with E-state index in [0.29, 0.717) is 17.3 Å². The fourth-order valence-corrected chi connectivity index (χ4v) is 1.30. The van der Waals surface area contributed by atoms with Gasteiger partial charge in [0.05, 0.1) is 11.6 Å². The molecule has 0 radical (unpaired) electrons. The van der Waals surface area contributed by atoms with Crippen LogP contribution in [-0.2, 0) is 0 Å². The molecular formula is C10H9ClN4O2. The van der Waals surface area contributed by atoms with Gasteiger partial charge < -0.3 is 5.73 Å². The monoisotopic (exact) mass is 252 g/mol. The predicted molar refractivity (Wildman–Crippen MR) is 64.6 cm³/mol. The van der Waals surface area contributed by atoms with Crippen LogP contribution in [0, 0.1) is 0 Å². The molecule has 1 aromatic carbocycles. The zero-order valence-corrected chi connectivity index (χ0v) is 9.44. The van der Waals surface area contributed by atoms with Crippen molar-refractivity contribution in [3.63, 3.8) is 0 Å². The topological polar surface area (TPSA) is 97.3 Å². The normalized spacial score (nSPS) is 11.7. The third-order valence-electron chi connectivity index (χ3n) is 1.99. The third-order valence-corrected chi connectivity index (χ3v) is 2.26. The highest BCUT2D eigenvalue weighted by atomic mass is 35.5. The molecule has 0 atom stereocenters. The van der Waals surface area contributed by atoms with E-state index >= 15 is 0 Å². The van der Waals surface area contributed by atoms with E-state index in [1.807, 2.05) is 0 Å². The fourth-order valence-electron chi connectivity index (χ4n) is 1.24. The molecule has 0 bridgehead atoms. The van der Waals surface area contributed by atoms with Crippen molar-refractivity contribution in [1.82, 2.24) is 10.1 Å². The molecule has 0 aliphatic heterocycles. The largest absolute Gasteiger partial charge is 0.439 e. The van der Waals surface area contributed by atoms with Crippen LogP contribution in [-0.4, -0.2) is 21.9 Å². The van der Waals surface area contributed by atoms with Gasteiger partial charge in [0, 0.05) is 5.56 Å². The summed E-state index contributed by atoms with van der Waals surface area (Å²) >= 11 is 5.51. The molecule has 0 saturated heterocycles. The van der Waals surface area contributed by atoms with Gasteiger partial charge in [-0.2, -0.15) is 0 Å². The number of hydrogen-bond acceptors (Lipinski definition) is 4. The van der Waals surface area contributed by atoms with Crippen molar-refractivity contribution in [2.75, 3.05) is 5.88 Å².